The maximum absolute atomic E-state index is 5.36. The van der Waals surface area contributed by atoms with Gasteiger partial charge in [0.15, 0.2) is 0 Å². The number of ether oxygens (including phenoxy) is 1. The molecule has 0 amide bonds. The SMILES string of the molecule is C=CCC1C=CCCO1. The molecule has 1 aliphatic heterocycles. The highest BCUT2D eigenvalue weighted by atomic mass is 16.5. The molecular formula is C8H12O. The molecule has 50 valence electrons. The second-order valence-corrected chi connectivity index (χ2v) is 2.15. The van der Waals surface area contributed by atoms with Gasteiger partial charge >= 0.3 is 0 Å². The maximum atomic E-state index is 5.36. The zero-order valence-corrected chi connectivity index (χ0v) is 5.55. The predicted molar refractivity (Wildman–Crippen MR) is 38.3 cm³/mol. The predicted octanol–water partition coefficient (Wildman–Crippen LogP) is 1.91. The lowest BCUT2D eigenvalue weighted by Gasteiger charge is -2.14. The van der Waals surface area contributed by atoms with E-state index in [1.54, 1.807) is 0 Å². The van der Waals surface area contributed by atoms with E-state index >= 15 is 0 Å². The van der Waals surface area contributed by atoms with E-state index in [0.717, 1.165) is 19.4 Å². The lowest BCUT2D eigenvalue weighted by Crippen LogP contribution is -2.12. The van der Waals surface area contributed by atoms with Crippen molar-refractivity contribution in [2.24, 2.45) is 0 Å². The monoisotopic (exact) mass is 124 g/mol. The molecule has 0 fully saturated rings. The molecule has 1 rings (SSSR count). The summed E-state index contributed by atoms with van der Waals surface area (Å²) in [5, 5.41) is 0. The van der Waals surface area contributed by atoms with Crippen LogP contribution in [0.3, 0.4) is 0 Å². The molecule has 0 bridgehead atoms. The number of hydrogen-bond acceptors (Lipinski definition) is 1. The molecular weight excluding hydrogens is 112 g/mol. The summed E-state index contributed by atoms with van der Waals surface area (Å²) in [6.45, 7) is 4.51. The van der Waals surface area contributed by atoms with Crippen molar-refractivity contribution < 1.29 is 4.74 Å². The minimum absolute atomic E-state index is 0.302. The maximum Gasteiger partial charge on any atom is 0.0790 e. The van der Waals surface area contributed by atoms with Crippen molar-refractivity contribution in [3.63, 3.8) is 0 Å². The van der Waals surface area contributed by atoms with Crippen LogP contribution >= 0.6 is 0 Å². The summed E-state index contributed by atoms with van der Waals surface area (Å²) in [6, 6.07) is 0. The van der Waals surface area contributed by atoms with Gasteiger partial charge in [-0.25, -0.2) is 0 Å². The van der Waals surface area contributed by atoms with Gasteiger partial charge in [-0.15, -0.1) is 6.58 Å². The zero-order valence-electron chi connectivity index (χ0n) is 5.55. The fourth-order valence-corrected chi connectivity index (χ4v) is 0.902. The Balaban J connectivity index is 2.31. The van der Waals surface area contributed by atoms with E-state index in [2.05, 4.69) is 18.7 Å². The Morgan fingerprint density at radius 3 is 3.22 bits per heavy atom. The smallest absolute Gasteiger partial charge is 0.0790 e. The Hall–Kier alpha value is -0.560. The van der Waals surface area contributed by atoms with Crippen LogP contribution in [0.25, 0.3) is 0 Å². The molecule has 9 heavy (non-hydrogen) atoms. The van der Waals surface area contributed by atoms with Gasteiger partial charge in [0.2, 0.25) is 0 Å². The Bertz CT molecular complexity index is 116. The van der Waals surface area contributed by atoms with Crippen molar-refractivity contribution >= 4 is 0 Å². The van der Waals surface area contributed by atoms with Gasteiger partial charge in [-0.05, 0) is 12.8 Å². The van der Waals surface area contributed by atoms with Crippen LogP contribution in [-0.2, 0) is 4.74 Å². The third kappa shape index (κ3) is 2.02. The third-order valence-electron chi connectivity index (χ3n) is 1.37. The second kappa shape index (κ2) is 3.46. The van der Waals surface area contributed by atoms with Crippen molar-refractivity contribution in [2.75, 3.05) is 6.61 Å². The van der Waals surface area contributed by atoms with Gasteiger partial charge < -0.3 is 4.74 Å². The second-order valence-electron chi connectivity index (χ2n) is 2.15. The number of rotatable bonds is 2. The number of hydrogen-bond donors (Lipinski definition) is 0. The Labute approximate surface area is 56.0 Å². The molecule has 1 nitrogen and oxygen atoms in total. The summed E-state index contributed by atoms with van der Waals surface area (Å²) in [6.07, 6.45) is 8.46. The highest BCUT2D eigenvalue weighted by Crippen LogP contribution is 2.07. The Morgan fingerprint density at radius 1 is 1.78 bits per heavy atom. The first-order chi connectivity index (χ1) is 4.43. The zero-order chi connectivity index (χ0) is 6.53. The first kappa shape index (κ1) is 6.56. The van der Waals surface area contributed by atoms with Crippen LogP contribution in [0, 0.1) is 0 Å². The summed E-state index contributed by atoms with van der Waals surface area (Å²) >= 11 is 0. The summed E-state index contributed by atoms with van der Waals surface area (Å²) in [7, 11) is 0. The molecule has 1 heterocycles. The molecule has 0 aliphatic carbocycles. The third-order valence-corrected chi connectivity index (χ3v) is 1.37. The van der Waals surface area contributed by atoms with Crippen molar-refractivity contribution in [2.45, 2.75) is 18.9 Å². The first-order valence-corrected chi connectivity index (χ1v) is 3.32. The van der Waals surface area contributed by atoms with Gasteiger partial charge in [0, 0.05) is 0 Å². The van der Waals surface area contributed by atoms with E-state index in [1.807, 2.05) is 6.08 Å². The van der Waals surface area contributed by atoms with Crippen LogP contribution in [0.4, 0.5) is 0 Å². The Morgan fingerprint density at radius 2 is 2.67 bits per heavy atom. The van der Waals surface area contributed by atoms with E-state index < -0.39 is 0 Å². The standard InChI is InChI=1S/C8H12O/c1-2-5-8-6-3-4-7-9-8/h2-3,6,8H,1,4-5,7H2. The van der Waals surface area contributed by atoms with Crippen LogP contribution in [-0.4, -0.2) is 12.7 Å². The fraction of sp³-hybridized carbons (Fsp3) is 0.500. The molecule has 1 aliphatic rings. The molecule has 1 atom stereocenters. The van der Waals surface area contributed by atoms with Crippen LogP contribution in [0.1, 0.15) is 12.8 Å². The van der Waals surface area contributed by atoms with Gasteiger partial charge in [0.25, 0.3) is 0 Å². The minimum Gasteiger partial charge on any atom is -0.374 e. The highest BCUT2D eigenvalue weighted by Gasteiger charge is 2.04. The molecule has 0 radical (unpaired) electrons. The van der Waals surface area contributed by atoms with Gasteiger partial charge in [-0.3, -0.25) is 0 Å². The molecule has 0 aromatic heterocycles. The van der Waals surface area contributed by atoms with Crippen molar-refractivity contribution in [1.29, 1.82) is 0 Å². The summed E-state index contributed by atoms with van der Waals surface area (Å²) in [5.41, 5.74) is 0. The van der Waals surface area contributed by atoms with Crippen molar-refractivity contribution in [3.05, 3.63) is 24.8 Å². The molecule has 0 spiro atoms. The lowest BCUT2D eigenvalue weighted by atomic mass is 10.2. The van der Waals surface area contributed by atoms with Gasteiger partial charge in [-0.2, -0.15) is 0 Å². The normalized spacial score (nSPS) is 26.0. The molecule has 1 heteroatoms. The fourth-order valence-electron chi connectivity index (χ4n) is 0.902. The summed E-state index contributed by atoms with van der Waals surface area (Å²) < 4.78 is 5.36. The molecule has 0 saturated heterocycles. The van der Waals surface area contributed by atoms with Crippen molar-refractivity contribution in [1.82, 2.24) is 0 Å². The van der Waals surface area contributed by atoms with Crippen LogP contribution in [0.15, 0.2) is 24.8 Å². The van der Waals surface area contributed by atoms with E-state index in [9.17, 15) is 0 Å². The van der Waals surface area contributed by atoms with Crippen molar-refractivity contribution in [3.8, 4) is 0 Å². The van der Waals surface area contributed by atoms with Crippen LogP contribution in [0.2, 0.25) is 0 Å². The minimum atomic E-state index is 0.302. The van der Waals surface area contributed by atoms with Gasteiger partial charge in [0.1, 0.15) is 0 Å². The van der Waals surface area contributed by atoms with Gasteiger partial charge in [0.05, 0.1) is 12.7 Å². The molecule has 1 unspecified atom stereocenters. The average Bonchev–Trinajstić information content (AvgIpc) is 1.91. The molecule has 0 saturated carbocycles. The summed E-state index contributed by atoms with van der Waals surface area (Å²) in [4.78, 5) is 0. The first-order valence-electron chi connectivity index (χ1n) is 3.32. The largest absolute Gasteiger partial charge is 0.374 e. The van der Waals surface area contributed by atoms with E-state index in [1.165, 1.54) is 0 Å². The summed E-state index contributed by atoms with van der Waals surface area (Å²) in [5.74, 6) is 0. The Kier molecular flexibility index (Phi) is 2.52. The molecule has 0 aromatic carbocycles. The van der Waals surface area contributed by atoms with E-state index in [4.69, 9.17) is 4.74 Å². The quantitative estimate of drug-likeness (QED) is 0.511. The van der Waals surface area contributed by atoms with E-state index in [-0.39, 0.29) is 0 Å². The highest BCUT2D eigenvalue weighted by molar-refractivity contribution is 4.95. The van der Waals surface area contributed by atoms with Crippen LogP contribution in [0.5, 0.6) is 0 Å². The topological polar surface area (TPSA) is 9.23 Å². The molecule has 0 N–H and O–H groups in total. The van der Waals surface area contributed by atoms with Gasteiger partial charge in [-0.1, -0.05) is 18.2 Å². The van der Waals surface area contributed by atoms with E-state index in [0.29, 0.717) is 6.10 Å². The average molecular weight is 124 g/mol. The lowest BCUT2D eigenvalue weighted by molar-refractivity contribution is 0.0821. The molecule has 0 aromatic rings. The van der Waals surface area contributed by atoms with Crippen LogP contribution < -0.4 is 0 Å².